The van der Waals surface area contributed by atoms with Crippen molar-refractivity contribution >= 4 is 43.7 Å². The Morgan fingerprint density at radius 2 is 1.94 bits per heavy atom. The maximum Gasteiger partial charge on any atom is 0.264 e. The first-order valence-corrected chi connectivity index (χ1v) is 13.8. The number of aromatic amines is 1. The lowest BCUT2D eigenvalue weighted by Gasteiger charge is -2.26. The van der Waals surface area contributed by atoms with Gasteiger partial charge in [0.1, 0.15) is 5.65 Å². The summed E-state index contributed by atoms with van der Waals surface area (Å²) in [6, 6.07) is 13.0. The molecule has 1 saturated carbocycles. The molecule has 8 heteroatoms. The van der Waals surface area contributed by atoms with E-state index < -0.39 is 9.84 Å². The van der Waals surface area contributed by atoms with Crippen molar-refractivity contribution in [2.75, 3.05) is 13.1 Å². The van der Waals surface area contributed by atoms with E-state index in [0.29, 0.717) is 18.0 Å². The summed E-state index contributed by atoms with van der Waals surface area (Å²) < 4.78 is 25.0. The number of thiophene rings is 1. The second-order valence-corrected chi connectivity index (χ2v) is 12.0. The molecule has 0 saturated heterocycles. The molecule has 4 heterocycles. The van der Waals surface area contributed by atoms with Gasteiger partial charge in [-0.25, -0.2) is 13.4 Å². The summed E-state index contributed by atoms with van der Waals surface area (Å²) in [5, 5.41) is 2.74. The van der Waals surface area contributed by atoms with Gasteiger partial charge in [0.2, 0.25) is 0 Å². The van der Waals surface area contributed by atoms with E-state index in [1.54, 1.807) is 12.1 Å². The summed E-state index contributed by atoms with van der Waals surface area (Å²) in [6.45, 7) is 1.27. The smallest absolute Gasteiger partial charge is 0.264 e. The first-order chi connectivity index (χ1) is 16.5. The molecule has 0 unspecified atom stereocenters. The number of fused-ring (bicyclic) bond motifs is 1. The van der Waals surface area contributed by atoms with Gasteiger partial charge in [0.25, 0.3) is 5.91 Å². The van der Waals surface area contributed by atoms with E-state index in [9.17, 15) is 13.2 Å². The molecule has 0 bridgehead atoms. The van der Waals surface area contributed by atoms with Gasteiger partial charge in [-0.05, 0) is 60.0 Å². The number of carbonyl (C=O) groups is 1. The molecule has 1 aromatic carbocycles. The SMILES string of the molecule is O=C(c1cccs1)N1CC=C(c2c[nH]c3ncc(-c4ccc(S(=O)(=O)C5CC5)cc4)cc23)CC1. The molecule has 172 valence electrons. The number of carbonyl (C=O) groups excluding carboxylic acids is 1. The van der Waals surface area contributed by atoms with Crippen LogP contribution in [0.2, 0.25) is 0 Å². The summed E-state index contributed by atoms with van der Waals surface area (Å²) in [5.74, 6) is 0.0836. The molecule has 2 aliphatic rings. The van der Waals surface area contributed by atoms with Gasteiger partial charge < -0.3 is 9.88 Å². The maximum atomic E-state index is 12.6. The zero-order chi connectivity index (χ0) is 23.3. The van der Waals surface area contributed by atoms with Crippen molar-refractivity contribution < 1.29 is 13.2 Å². The molecule has 1 amide bonds. The van der Waals surface area contributed by atoms with Crippen molar-refractivity contribution in [1.82, 2.24) is 14.9 Å². The number of benzene rings is 1. The van der Waals surface area contributed by atoms with Gasteiger partial charge in [0.15, 0.2) is 9.84 Å². The number of hydrogen-bond donors (Lipinski definition) is 1. The van der Waals surface area contributed by atoms with E-state index >= 15 is 0 Å². The number of aromatic nitrogens is 2. The van der Waals surface area contributed by atoms with Crippen LogP contribution in [0.3, 0.4) is 0 Å². The number of pyridine rings is 1. The van der Waals surface area contributed by atoms with E-state index in [1.165, 1.54) is 16.9 Å². The van der Waals surface area contributed by atoms with E-state index in [-0.39, 0.29) is 11.2 Å². The molecule has 1 aliphatic heterocycles. The molecule has 3 aromatic heterocycles. The number of rotatable bonds is 5. The minimum atomic E-state index is -3.19. The molecule has 1 aliphatic carbocycles. The van der Waals surface area contributed by atoms with Crippen molar-refractivity contribution in [2.45, 2.75) is 29.4 Å². The molecule has 0 atom stereocenters. The highest BCUT2D eigenvalue weighted by Crippen LogP contribution is 2.35. The summed E-state index contributed by atoms with van der Waals surface area (Å²) in [7, 11) is -3.19. The Hall–Kier alpha value is -3.23. The van der Waals surface area contributed by atoms with Crippen molar-refractivity contribution in [2.24, 2.45) is 0 Å². The van der Waals surface area contributed by atoms with Crippen LogP contribution in [0.4, 0.5) is 0 Å². The molecule has 4 aromatic rings. The van der Waals surface area contributed by atoms with Crippen molar-refractivity contribution in [3.63, 3.8) is 0 Å². The number of H-pyrrole nitrogens is 1. The predicted octanol–water partition coefficient (Wildman–Crippen LogP) is 5.16. The lowest BCUT2D eigenvalue weighted by molar-refractivity contribution is 0.0777. The topological polar surface area (TPSA) is 83.1 Å². The Balaban J connectivity index is 1.27. The maximum absolute atomic E-state index is 12.6. The predicted molar refractivity (Wildman–Crippen MR) is 135 cm³/mol. The van der Waals surface area contributed by atoms with Crippen LogP contribution in [-0.2, 0) is 9.84 Å². The zero-order valence-electron chi connectivity index (χ0n) is 18.4. The first-order valence-electron chi connectivity index (χ1n) is 11.3. The number of nitrogens with zero attached hydrogens (tertiary/aromatic N) is 2. The number of sulfone groups is 1. The molecule has 0 spiro atoms. The largest absolute Gasteiger partial charge is 0.346 e. The fraction of sp³-hybridized carbons (Fsp3) is 0.231. The molecule has 0 radical (unpaired) electrons. The fourth-order valence-corrected chi connectivity index (χ4v) is 6.84. The van der Waals surface area contributed by atoms with E-state index in [2.05, 4.69) is 22.1 Å². The molecule has 1 fully saturated rings. The van der Waals surface area contributed by atoms with Crippen LogP contribution in [0.1, 0.15) is 34.5 Å². The number of nitrogens with one attached hydrogen (secondary N) is 1. The molecule has 1 N–H and O–H groups in total. The van der Waals surface area contributed by atoms with Crippen LogP contribution in [0, 0.1) is 0 Å². The van der Waals surface area contributed by atoms with E-state index in [1.807, 2.05) is 46.9 Å². The second kappa shape index (κ2) is 8.21. The van der Waals surface area contributed by atoms with E-state index in [4.69, 9.17) is 0 Å². The van der Waals surface area contributed by atoms with Crippen LogP contribution in [0.5, 0.6) is 0 Å². The average molecular weight is 490 g/mol. The summed E-state index contributed by atoms with van der Waals surface area (Å²) in [6.07, 6.45) is 8.22. The molecule has 6 rings (SSSR count). The molecule has 6 nitrogen and oxygen atoms in total. The minimum Gasteiger partial charge on any atom is -0.346 e. The highest BCUT2D eigenvalue weighted by molar-refractivity contribution is 7.92. The minimum absolute atomic E-state index is 0.0836. The van der Waals surface area contributed by atoms with Gasteiger partial charge in [-0.1, -0.05) is 24.3 Å². The normalized spacial score (nSPS) is 16.6. The van der Waals surface area contributed by atoms with Crippen molar-refractivity contribution in [3.8, 4) is 11.1 Å². The molecular formula is C26H23N3O3S2. The van der Waals surface area contributed by atoms with Gasteiger partial charge in [-0.3, -0.25) is 4.79 Å². The summed E-state index contributed by atoms with van der Waals surface area (Å²) >= 11 is 1.47. The van der Waals surface area contributed by atoms with Gasteiger partial charge in [-0.15, -0.1) is 11.3 Å². The van der Waals surface area contributed by atoms with Gasteiger partial charge in [-0.2, -0.15) is 0 Å². The Bertz CT molecular complexity index is 1510. The Kier molecular flexibility index (Phi) is 5.15. The molecular weight excluding hydrogens is 466 g/mol. The van der Waals surface area contributed by atoms with Gasteiger partial charge >= 0.3 is 0 Å². The highest BCUT2D eigenvalue weighted by Gasteiger charge is 2.36. The summed E-state index contributed by atoms with van der Waals surface area (Å²) in [5.41, 5.74) is 4.98. The first kappa shape index (κ1) is 21.3. The average Bonchev–Trinajstić information content (AvgIpc) is 3.44. The van der Waals surface area contributed by atoms with Gasteiger partial charge in [0, 0.05) is 42.0 Å². The Morgan fingerprint density at radius 3 is 2.62 bits per heavy atom. The van der Waals surface area contributed by atoms with Crippen LogP contribution >= 0.6 is 11.3 Å². The summed E-state index contributed by atoms with van der Waals surface area (Å²) in [4.78, 5) is 23.5. The van der Waals surface area contributed by atoms with Crippen molar-refractivity contribution in [3.05, 3.63) is 76.8 Å². The number of hydrogen-bond acceptors (Lipinski definition) is 5. The zero-order valence-corrected chi connectivity index (χ0v) is 20.0. The third kappa shape index (κ3) is 3.76. The monoisotopic (exact) mass is 489 g/mol. The lowest BCUT2D eigenvalue weighted by Crippen LogP contribution is -2.34. The third-order valence-corrected chi connectivity index (χ3v) is 9.72. The Morgan fingerprint density at radius 1 is 1.12 bits per heavy atom. The van der Waals surface area contributed by atoms with Crippen LogP contribution in [-0.4, -0.2) is 47.5 Å². The van der Waals surface area contributed by atoms with Crippen LogP contribution in [0.25, 0.3) is 27.7 Å². The molecule has 34 heavy (non-hydrogen) atoms. The van der Waals surface area contributed by atoms with Crippen LogP contribution in [0.15, 0.2) is 71.2 Å². The standard InChI is InChI=1S/C26H23N3O3S2/c30-26(24-2-1-13-33-24)29-11-9-18(10-12-29)23-16-28-25-22(23)14-19(15-27-25)17-3-5-20(6-4-17)34(31,32)21-7-8-21/h1-6,9,13-16,21H,7-8,10-12H2,(H,27,28). The van der Waals surface area contributed by atoms with Gasteiger partial charge in [0.05, 0.1) is 15.0 Å². The quantitative estimate of drug-likeness (QED) is 0.420. The lowest BCUT2D eigenvalue weighted by atomic mass is 9.98. The van der Waals surface area contributed by atoms with Crippen LogP contribution < -0.4 is 0 Å². The Labute approximate surface area is 201 Å². The highest BCUT2D eigenvalue weighted by atomic mass is 32.2. The van der Waals surface area contributed by atoms with E-state index in [0.717, 1.165) is 51.9 Å². The second-order valence-electron chi connectivity index (χ2n) is 8.80. The van der Waals surface area contributed by atoms with Crippen molar-refractivity contribution in [1.29, 1.82) is 0 Å². The fourth-order valence-electron chi connectivity index (χ4n) is 4.49. The number of amides is 1. The third-order valence-electron chi connectivity index (χ3n) is 6.58.